The number of benzene rings is 2. The molecule has 1 heterocycles. The van der Waals surface area contributed by atoms with E-state index in [2.05, 4.69) is 11.1 Å². The number of nitrogens with zero attached hydrogens (tertiary/aromatic N) is 3. The lowest BCUT2D eigenvalue weighted by atomic mass is 10.1. The predicted molar refractivity (Wildman–Crippen MR) is 103 cm³/mol. The number of aromatic nitrogens is 2. The van der Waals surface area contributed by atoms with Gasteiger partial charge in [-0.25, -0.2) is 4.98 Å². The molecule has 0 spiro atoms. The number of rotatable bonds is 7. The van der Waals surface area contributed by atoms with Gasteiger partial charge in [0.1, 0.15) is 11.6 Å². The van der Waals surface area contributed by atoms with Crippen LogP contribution in [-0.2, 0) is 18.3 Å². The fraction of sp³-hybridized carbons (Fsp3) is 0.333. The molecule has 136 valence electrons. The Morgan fingerprint density at radius 3 is 2.73 bits per heavy atom. The third kappa shape index (κ3) is 4.23. The van der Waals surface area contributed by atoms with Crippen LogP contribution in [0.3, 0.4) is 0 Å². The second-order valence-electron chi connectivity index (χ2n) is 6.59. The summed E-state index contributed by atoms with van der Waals surface area (Å²) in [5.74, 6) is 1.73. The fourth-order valence-electron chi connectivity index (χ4n) is 3.03. The molecule has 0 unspecified atom stereocenters. The molecule has 0 aliphatic heterocycles. The van der Waals surface area contributed by atoms with Crippen molar-refractivity contribution in [3.8, 4) is 5.75 Å². The zero-order valence-corrected chi connectivity index (χ0v) is 15.6. The summed E-state index contributed by atoms with van der Waals surface area (Å²) >= 11 is 0. The van der Waals surface area contributed by atoms with Gasteiger partial charge in [-0.15, -0.1) is 0 Å². The molecule has 0 radical (unpaired) electrons. The van der Waals surface area contributed by atoms with Crippen molar-refractivity contribution in [2.75, 3.05) is 13.6 Å². The van der Waals surface area contributed by atoms with Crippen molar-refractivity contribution in [1.29, 1.82) is 0 Å². The lowest BCUT2D eigenvalue weighted by molar-refractivity contribution is -0.136. The van der Waals surface area contributed by atoms with Crippen molar-refractivity contribution in [2.45, 2.75) is 25.9 Å². The molecule has 26 heavy (non-hydrogen) atoms. The minimum Gasteiger partial charge on any atom is -0.481 e. The van der Waals surface area contributed by atoms with Gasteiger partial charge in [0.05, 0.1) is 0 Å². The van der Waals surface area contributed by atoms with E-state index in [1.165, 1.54) is 0 Å². The molecule has 0 aliphatic carbocycles. The van der Waals surface area contributed by atoms with Crippen LogP contribution in [0.25, 0.3) is 10.8 Å². The molecule has 3 aromatic rings. The lowest BCUT2D eigenvalue weighted by Crippen LogP contribution is -2.38. The van der Waals surface area contributed by atoms with Crippen LogP contribution >= 0.6 is 0 Å². The average Bonchev–Trinajstić information content (AvgIpc) is 3.05. The second-order valence-corrected chi connectivity index (χ2v) is 6.59. The third-order valence-electron chi connectivity index (χ3n) is 4.57. The third-order valence-corrected chi connectivity index (χ3v) is 4.57. The SMILES string of the molecule is C[C@H](Oc1ccc2ccccc2c1)C(=O)N(C)CCCc1nccn1C. The van der Waals surface area contributed by atoms with Crippen molar-refractivity contribution < 1.29 is 9.53 Å². The molecular weight excluding hydrogens is 326 g/mol. The van der Waals surface area contributed by atoms with Gasteiger partial charge in [-0.1, -0.05) is 30.3 Å². The Balaban J connectivity index is 1.53. The quantitative estimate of drug-likeness (QED) is 0.655. The van der Waals surface area contributed by atoms with Gasteiger partial charge in [0.25, 0.3) is 5.91 Å². The van der Waals surface area contributed by atoms with Crippen molar-refractivity contribution in [1.82, 2.24) is 14.5 Å². The Hall–Kier alpha value is -2.82. The minimum absolute atomic E-state index is 0.0157. The van der Waals surface area contributed by atoms with Gasteiger partial charge in [-0.3, -0.25) is 4.79 Å². The summed E-state index contributed by atoms with van der Waals surface area (Å²) in [6, 6.07) is 14.0. The van der Waals surface area contributed by atoms with E-state index in [0.29, 0.717) is 12.3 Å². The van der Waals surface area contributed by atoms with Crippen LogP contribution in [0.4, 0.5) is 0 Å². The Morgan fingerprint density at radius 1 is 1.23 bits per heavy atom. The van der Waals surface area contributed by atoms with E-state index in [9.17, 15) is 4.79 Å². The number of amides is 1. The molecule has 1 aromatic heterocycles. The molecule has 2 aromatic carbocycles. The maximum Gasteiger partial charge on any atom is 0.263 e. The fourth-order valence-corrected chi connectivity index (χ4v) is 3.03. The molecule has 1 atom stereocenters. The first kappa shape index (κ1) is 18.0. The summed E-state index contributed by atoms with van der Waals surface area (Å²) in [4.78, 5) is 18.6. The Morgan fingerprint density at radius 2 is 2.00 bits per heavy atom. The van der Waals surface area contributed by atoms with E-state index in [0.717, 1.165) is 29.4 Å². The molecule has 0 bridgehead atoms. The van der Waals surface area contributed by atoms with Crippen LogP contribution in [-0.4, -0.2) is 40.1 Å². The number of carbonyl (C=O) groups excluding carboxylic acids is 1. The number of ether oxygens (including phenoxy) is 1. The van der Waals surface area contributed by atoms with E-state index < -0.39 is 6.10 Å². The molecule has 1 amide bonds. The highest BCUT2D eigenvalue weighted by Crippen LogP contribution is 2.21. The van der Waals surface area contributed by atoms with Gasteiger partial charge >= 0.3 is 0 Å². The number of hydrogen-bond acceptors (Lipinski definition) is 3. The standard InChI is InChI=1S/C21H25N3O2/c1-16(26-19-11-10-17-7-4-5-8-18(17)15-19)21(25)24(3)13-6-9-20-22-12-14-23(20)2/h4-5,7-8,10-12,14-16H,6,9,13H2,1-3H3/t16-/m0/s1. The highest BCUT2D eigenvalue weighted by atomic mass is 16.5. The number of imidazole rings is 1. The van der Waals surface area contributed by atoms with Crippen LogP contribution in [0, 0.1) is 0 Å². The van der Waals surface area contributed by atoms with Gasteiger partial charge in [0, 0.05) is 39.5 Å². The molecule has 0 N–H and O–H groups in total. The summed E-state index contributed by atoms with van der Waals surface area (Å²) in [6.45, 7) is 2.48. The van der Waals surface area contributed by atoms with Crippen LogP contribution in [0.2, 0.25) is 0 Å². The van der Waals surface area contributed by atoms with Crippen LogP contribution in [0.15, 0.2) is 54.9 Å². The van der Waals surface area contributed by atoms with Gasteiger partial charge in [0.15, 0.2) is 6.10 Å². The monoisotopic (exact) mass is 351 g/mol. The Kier molecular flexibility index (Phi) is 5.56. The summed E-state index contributed by atoms with van der Waals surface area (Å²) in [5.41, 5.74) is 0. The normalized spacial score (nSPS) is 12.1. The number of likely N-dealkylation sites (N-methyl/N-ethyl adjacent to an activating group) is 1. The molecule has 5 nitrogen and oxygen atoms in total. The number of hydrogen-bond donors (Lipinski definition) is 0. The average molecular weight is 351 g/mol. The summed E-state index contributed by atoms with van der Waals surface area (Å²) in [7, 11) is 3.80. The molecule has 0 aliphatic rings. The van der Waals surface area contributed by atoms with E-state index in [4.69, 9.17) is 4.74 Å². The minimum atomic E-state index is -0.519. The smallest absolute Gasteiger partial charge is 0.263 e. The van der Waals surface area contributed by atoms with E-state index in [1.54, 1.807) is 18.0 Å². The van der Waals surface area contributed by atoms with E-state index >= 15 is 0 Å². The van der Waals surface area contributed by atoms with Crippen molar-refractivity contribution >= 4 is 16.7 Å². The maximum absolute atomic E-state index is 12.6. The zero-order valence-electron chi connectivity index (χ0n) is 15.6. The van der Waals surface area contributed by atoms with Crippen LogP contribution in [0.5, 0.6) is 5.75 Å². The highest BCUT2D eigenvalue weighted by Gasteiger charge is 2.19. The molecule has 5 heteroatoms. The summed E-state index contributed by atoms with van der Waals surface area (Å²) in [6.07, 6.45) is 4.93. The molecule has 0 saturated heterocycles. The van der Waals surface area contributed by atoms with Crippen molar-refractivity contribution in [3.63, 3.8) is 0 Å². The number of aryl methyl sites for hydroxylation is 2. The van der Waals surface area contributed by atoms with E-state index in [1.807, 2.05) is 61.3 Å². The van der Waals surface area contributed by atoms with Crippen LogP contribution < -0.4 is 4.74 Å². The molecular formula is C21H25N3O2. The van der Waals surface area contributed by atoms with Crippen molar-refractivity contribution in [2.24, 2.45) is 7.05 Å². The van der Waals surface area contributed by atoms with Gasteiger partial charge in [-0.05, 0) is 36.2 Å². The molecule has 0 saturated carbocycles. The summed E-state index contributed by atoms with van der Waals surface area (Å²) in [5, 5.41) is 2.26. The first-order chi connectivity index (χ1) is 12.5. The summed E-state index contributed by atoms with van der Waals surface area (Å²) < 4.78 is 7.88. The van der Waals surface area contributed by atoms with Crippen LogP contribution in [0.1, 0.15) is 19.2 Å². The highest BCUT2D eigenvalue weighted by molar-refractivity contribution is 5.84. The number of carbonyl (C=O) groups is 1. The van der Waals surface area contributed by atoms with E-state index in [-0.39, 0.29) is 5.91 Å². The number of fused-ring (bicyclic) bond motifs is 1. The second kappa shape index (κ2) is 8.04. The van der Waals surface area contributed by atoms with Gasteiger partial charge < -0.3 is 14.2 Å². The first-order valence-electron chi connectivity index (χ1n) is 8.91. The van der Waals surface area contributed by atoms with Crippen molar-refractivity contribution in [3.05, 3.63) is 60.7 Å². The first-order valence-corrected chi connectivity index (χ1v) is 8.91. The maximum atomic E-state index is 12.6. The Labute approximate surface area is 154 Å². The Bertz CT molecular complexity index is 888. The van der Waals surface area contributed by atoms with Gasteiger partial charge in [0.2, 0.25) is 0 Å². The molecule has 0 fully saturated rings. The predicted octanol–water partition coefficient (Wildman–Crippen LogP) is 3.43. The topological polar surface area (TPSA) is 47.4 Å². The largest absolute Gasteiger partial charge is 0.481 e. The molecule has 3 rings (SSSR count). The lowest BCUT2D eigenvalue weighted by Gasteiger charge is -2.22. The zero-order chi connectivity index (χ0) is 18.5. The van der Waals surface area contributed by atoms with Gasteiger partial charge in [-0.2, -0.15) is 0 Å².